The molecule has 6 nitrogen and oxygen atoms in total. The molecule has 0 radical (unpaired) electrons. The van der Waals surface area contributed by atoms with Gasteiger partial charge in [-0.3, -0.25) is 10.2 Å². The van der Waals surface area contributed by atoms with Crippen LogP contribution in [0.2, 0.25) is 0 Å². The van der Waals surface area contributed by atoms with Gasteiger partial charge < -0.3 is 9.75 Å². The van der Waals surface area contributed by atoms with Crippen LogP contribution in [-0.2, 0) is 11.4 Å². The highest BCUT2D eigenvalue weighted by Crippen LogP contribution is 2.48. The third-order valence-electron chi connectivity index (χ3n) is 3.49. The first kappa shape index (κ1) is 18.2. The molecule has 1 aromatic carbocycles. The van der Waals surface area contributed by atoms with E-state index in [0.29, 0.717) is 24.3 Å². The summed E-state index contributed by atoms with van der Waals surface area (Å²) in [6.07, 6.45) is 2.44. The lowest BCUT2D eigenvalue weighted by atomic mass is 10.1. The molecule has 130 valence electrons. The van der Waals surface area contributed by atoms with Crippen LogP contribution in [0.5, 0.6) is 5.75 Å². The van der Waals surface area contributed by atoms with Crippen LogP contribution in [0.25, 0.3) is 0 Å². The van der Waals surface area contributed by atoms with E-state index in [-0.39, 0.29) is 11.7 Å². The minimum absolute atomic E-state index is 0.195. The van der Waals surface area contributed by atoms with E-state index in [0.717, 1.165) is 23.4 Å². The van der Waals surface area contributed by atoms with Gasteiger partial charge in [-0.2, -0.15) is 0 Å². The average molecular weight is 352 g/mol. The molecule has 1 aliphatic carbocycles. The van der Waals surface area contributed by atoms with Gasteiger partial charge in [-0.15, -0.1) is 11.3 Å². The average Bonchev–Trinajstić information content (AvgIpc) is 3.27. The summed E-state index contributed by atoms with van der Waals surface area (Å²) < 4.78 is 20.0. The Labute approximate surface area is 144 Å². The fraction of sp³-hybridized carbons (Fsp3) is 0.312. The highest BCUT2D eigenvalue weighted by Gasteiger charge is 2.32. The SMILES string of the molecule is CN(N)c1ccc(F)c(C2CC2)c1OCc1cccs1.NNC=O. The number of halogens is 1. The number of hydrogen-bond acceptors (Lipinski definition) is 6. The lowest BCUT2D eigenvalue weighted by Gasteiger charge is -2.20. The summed E-state index contributed by atoms with van der Waals surface area (Å²) >= 11 is 1.63. The van der Waals surface area contributed by atoms with Crippen molar-refractivity contribution in [3.63, 3.8) is 0 Å². The number of thiophene rings is 1. The molecule has 5 N–H and O–H groups in total. The molecular formula is C16H21FN4O2S. The van der Waals surface area contributed by atoms with Crippen LogP contribution in [-0.4, -0.2) is 13.5 Å². The minimum atomic E-state index is -0.195. The third kappa shape index (κ3) is 4.67. The molecule has 1 saturated carbocycles. The second kappa shape index (κ2) is 8.62. The van der Waals surface area contributed by atoms with Gasteiger partial charge in [0.2, 0.25) is 6.41 Å². The van der Waals surface area contributed by atoms with Gasteiger partial charge in [0.25, 0.3) is 0 Å². The molecule has 8 heteroatoms. The van der Waals surface area contributed by atoms with Gasteiger partial charge in [0.1, 0.15) is 12.4 Å². The Hall–Kier alpha value is -2.16. The molecule has 1 aromatic heterocycles. The predicted octanol–water partition coefficient (Wildman–Crippen LogP) is 2.26. The molecule has 0 spiro atoms. The van der Waals surface area contributed by atoms with E-state index in [2.05, 4.69) is 5.84 Å². The molecule has 24 heavy (non-hydrogen) atoms. The molecule has 1 heterocycles. The molecule has 3 rings (SSSR count). The van der Waals surface area contributed by atoms with Crippen LogP contribution in [0, 0.1) is 5.82 Å². The maximum absolute atomic E-state index is 14.1. The van der Waals surface area contributed by atoms with E-state index < -0.39 is 0 Å². The summed E-state index contributed by atoms with van der Waals surface area (Å²) in [6, 6.07) is 7.13. The number of carbonyl (C=O) groups is 1. The number of rotatable bonds is 6. The molecule has 2 aromatic rings. The number of nitrogens with zero attached hydrogens (tertiary/aromatic N) is 1. The summed E-state index contributed by atoms with van der Waals surface area (Å²) in [6.45, 7) is 0.446. The fourth-order valence-corrected chi connectivity index (χ4v) is 2.90. The first-order valence-corrected chi connectivity index (χ1v) is 8.32. The summed E-state index contributed by atoms with van der Waals surface area (Å²) in [5, 5.41) is 3.48. The van der Waals surface area contributed by atoms with Crippen molar-refractivity contribution in [2.75, 3.05) is 12.1 Å². The van der Waals surface area contributed by atoms with Gasteiger partial charge in [-0.1, -0.05) is 6.07 Å². The molecule has 0 bridgehead atoms. The van der Waals surface area contributed by atoms with Crippen LogP contribution >= 0.6 is 11.3 Å². The van der Waals surface area contributed by atoms with Crippen LogP contribution in [0.1, 0.15) is 29.2 Å². The Morgan fingerprint density at radius 3 is 2.67 bits per heavy atom. The summed E-state index contributed by atoms with van der Waals surface area (Å²) in [4.78, 5) is 10.1. The van der Waals surface area contributed by atoms with Gasteiger partial charge in [-0.25, -0.2) is 16.1 Å². The first-order valence-electron chi connectivity index (χ1n) is 7.44. The monoisotopic (exact) mass is 352 g/mol. The Bertz CT molecular complexity index is 660. The second-order valence-corrected chi connectivity index (χ2v) is 6.38. The number of hydrogen-bond donors (Lipinski definition) is 3. The van der Waals surface area contributed by atoms with Gasteiger partial charge in [-0.05, 0) is 42.3 Å². The maximum Gasteiger partial charge on any atom is 0.221 e. The second-order valence-electron chi connectivity index (χ2n) is 5.35. The Kier molecular flexibility index (Phi) is 6.53. The number of ether oxygens (including phenoxy) is 1. The topological polar surface area (TPSA) is 93.6 Å². The largest absolute Gasteiger partial charge is 0.485 e. The zero-order valence-corrected chi connectivity index (χ0v) is 14.2. The normalized spacial score (nSPS) is 12.8. The number of hydrazine groups is 2. The van der Waals surface area contributed by atoms with E-state index in [1.54, 1.807) is 29.9 Å². The molecule has 1 amide bonds. The standard InChI is InChI=1S/C15H17FN2OS.CH4N2O/c1-18(17)13-7-6-12(16)14(10-4-5-10)15(13)19-9-11-3-2-8-20-11;2-3-1-4/h2-3,6-8,10H,4-5,9,17H2,1H3;1H,2H2,(H,3,4). The van der Waals surface area contributed by atoms with Crippen LogP contribution < -0.4 is 26.9 Å². The predicted molar refractivity (Wildman–Crippen MR) is 93.0 cm³/mol. The van der Waals surface area contributed by atoms with Crippen molar-refractivity contribution in [1.82, 2.24) is 5.43 Å². The third-order valence-corrected chi connectivity index (χ3v) is 4.34. The number of carbonyl (C=O) groups excluding carboxylic acids is 1. The van der Waals surface area contributed by atoms with Gasteiger partial charge in [0, 0.05) is 17.5 Å². The lowest BCUT2D eigenvalue weighted by molar-refractivity contribution is -0.109. The van der Waals surface area contributed by atoms with Crippen molar-refractivity contribution in [2.45, 2.75) is 25.4 Å². The van der Waals surface area contributed by atoms with Gasteiger partial charge in [0.15, 0.2) is 5.75 Å². The zero-order chi connectivity index (χ0) is 17.5. The number of nitrogens with one attached hydrogen (secondary N) is 1. The van der Waals surface area contributed by atoms with Crippen molar-refractivity contribution in [3.8, 4) is 5.75 Å². The van der Waals surface area contributed by atoms with Crippen molar-refractivity contribution in [2.24, 2.45) is 11.7 Å². The van der Waals surface area contributed by atoms with E-state index >= 15 is 0 Å². The van der Waals surface area contributed by atoms with E-state index in [9.17, 15) is 4.39 Å². The highest BCUT2D eigenvalue weighted by molar-refractivity contribution is 7.09. The zero-order valence-electron chi connectivity index (χ0n) is 13.4. The van der Waals surface area contributed by atoms with E-state index in [4.69, 9.17) is 15.4 Å². The molecule has 1 aliphatic rings. The molecule has 0 atom stereocenters. The maximum atomic E-state index is 14.1. The van der Waals surface area contributed by atoms with Crippen LogP contribution in [0.15, 0.2) is 29.6 Å². The van der Waals surface area contributed by atoms with E-state index in [1.807, 2.05) is 17.5 Å². The highest BCUT2D eigenvalue weighted by atomic mass is 32.1. The summed E-state index contributed by atoms with van der Waals surface area (Å²) in [5.74, 6) is 10.9. The molecule has 0 saturated heterocycles. The number of amides is 1. The van der Waals surface area contributed by atoms with E-state index in [1.165, 1.54) is 11.1 Å². The van der Waals surface area contributed by atoms with Gasteiger partial charge in [0.05, 0.1) is 5.69 Å². The molecular weight excluding hydrogens is 331 g/mol. The Morgan fingerprint density at radius 2 is 2.17 bits per heavy atom. The fourth-order valence-electron chi connectivity index (χ4n) is 2.28. The van der Waals surface area contributed by atoms with Crippen LogP contribution in [0.3, 0.4) is 0 Å². The summed E-state index contributed by atoms with van der Waals surface area (Å²) in [5.41, 5.74) is 3.15. The Balaban J connectivity index is 0.000000471. The van der Waals surface area contributed by atoms with Crippen molar-refractivity contribution in [3.05, 3.63) is 45.9 Å². The molecule has 1 fully saturated rings. The number of nitrogens with two attached hydrogens (primary N) is 2. The van der Waals surface area contributed by atoms with Gasteiger partial charge >= 0.3 is 0 Å². The number of anilines is 1. The quantitative estimate of drug-likeness (QED) is 0.321. The Morgan fingerprint density at radius 1 is 1.46 bits per heavy atom. The molecule has 0 unspecified atom stereocenters. The minimum Gasteiger partial charge on any atom is -0.485 e. The van der Waals surface area contributed by atoms with Crippen molar-refractivity contribution >= 4 is 23.4 Å². The summed E-state index contributed by atoms with van der Waals surface area (Å²) in [7, 11) is 1.74. The molecule has 0 aliphatic heterocycles. The van der Waals surface area contributed by atoms with Crippen LogP contribution in [0.4, 0.5) is 10.1 Å². The lowest BCUT2D eigenvalue weighted by Crippen LogP contribution is -2.26. The van der Waals surface area contributed by atoms with Crippen molar-refractivity contribution < 1.29 is 13.9 Å². The number of benzene rings is 1. The smallest absolute Gasteiger partial charge is 0.221 e. The first-order chi connectivity index (χ1) is 11.6. The van der Waals surface area contributed by atoms with Crippen molar-refractivity contribution in [1.29, 1.82) is 0 Å².